The summed E-state index contributed by atoms with van der Waals surface area (Å²) in [5.41, 5.74) is 0.942. The summed E-state index contributed by atoms with van der Waals surface area (Å²) in [4.78, 5) is 24.6. The van der Waals surface area contributed by atoms with Gasteiger partial charge in [0.25, 0.3) is 0 Å². The molecule has 2 N–H and O–H groups in total. The predicted molar refractivity (Wildman–Crippen MR) is 103 cm³/mol. The lowest BCUT2D eigenvalue weighted by Gasteiger charge is -2.59. The smallest absolute Gasteiger partial charge is 0.162 e. The molecule has 150 valence electrons. The van der Waals surface area contributed by atoms with Gasteiger partial charge in [0.15, 0.2) is 11.6 Å². The number of carbonyl (C=O) groups excluding carboxylic acids is 2. The number of rotatable bonds is 3. The van der Waals surface area contributed by atoms with E-state index in [2.05, 4.69) is 20.8 Å². The van der Waals surface area contributed by atoms with Gasteiger partial charge in [0, 0.05) is 12.3 Å². The van der Waals surface area contributed by atoms with Crippen molar-refractivity contribution in [2.75, 3.05) is 6.61 Å². The van der Waals surface area contributed by atoms with Crippen LogP contribution in [-0.4, -0.2) is 34.5 Å². The molecule has 8 atom stereocenters. The van der Waals surface area contributed by atoms with Crippen LogP contribution in [0.15, 0.2) is 11.6 Å². The largest absolute Gasteiger partial charge is 0.393 e. The first-order valence-corrected chi connectivity index (χ1v) is 10.8. The first-order chi connectivity index (χ1) is 12.8. The van der Waals surface area contributed by atoms with Gasteiger partial charge >= 0.3 is 0 Å². The summed E-state index contributed by atoms with van der Waals surface area (Å²) in [6.45, 7) is 6.22. The fourth-order valence-corrected chi connectivity index (χ4v) is 8.00. The van der Waals surface area contributed by atoms with E-state index in [0.717, 1.165) is 32.1 Å². The van der Waals surface area contributed by atoms with Crippen LogP contribution in [0.25, 0.3) is 0 Å². The molecule has 0 aromatic heterocycles. The van der Waals surface area contributed by atoms with E-state index in [1.54, 1.807) is 0 Å². The van der Waals surface area contributed by atoms with Gasteiger partial charge in [-0.25, -0.2) is 0 Å². The molecule has 0 aromatic rings. The first-order valence-electron chi connectivity index (χ1n) is 10.8. The van der Waals surface area contributed by atoms with Crippen molar-refractivity contribution in [3.05, 3.63) is 11.6 Å². The van der Waals surface area contributed by atoms with Gasteiger partial charge in [-0.3, -0.25) is 9.59 Å². The van der Waals surface area contributed by atoms with Crippen molar-refractivity contribution in [3.63, 3.8) is 0 Å². The zero-order valence-electron chi connectivity index (χ0n) is 16.9. The molecule has 27 heavy (non-hydrogen) atoms. The van der Waals surface area contributed by atoms with Crippen molar-refractivity contribution >= 4 is 11.6 Å². The van der Waals surface area contributed by atoms with Gasteiger partial charge < -0.3 is 10.2 Å². The number of aliphatic hydroxyl groups is 2. The highest BCUT2D eigenvalue weighted by atomic mass is 16.3. The summed E-state index contributed by atoms with van der Waals surface area (Å²) in [6.07, 6.45) is 7.42. The van der Waals surface area contributed by atoms with Gasteiger partial charge in [0.2, 0.25) is 0 Å². The molecule has 0 aromatic carbocycles. The van der Waals surface area contributed by atoms with Gasteiger partial charge in [-0.05, 0) is 72.7 Å². The molecule has 0 aliphatic heterocycles. The lowest BCUT2D eigenvalue weighted by Crippen LogP contribution is -2.57. The highest BCUT2D eigenvalue weighted by Crippen LogP contribution is 2.68. The van der Waals surface area contributed by atoms with Crippen LogP contribution in [-0.2, 0) is 9.59 Å². The summed E-state index contributed by atoms with van der Waals surface area (Å²) in [7, 11) is 0. The molecule has 3 saturated carbocycles. The molecule has 0 bridgehead atoms. The molecule has 0 saturated heterocycles. The Morgan fingerprint density at radius 3 is 2.70 bits per heavy atom. The minimum atomic E-state index is -0.442. The van der Waals surface area contributed by atoms with E-state index in [0.29, 0.717) is 30.6 Å². The van der Waals surface area contributed by atoms with Crippen LogP contribution in [0.2, 0.25) is 0 Å². The molecular formula is C23H34O4. The van der Waals surface area contributed by atoms with E-state index in [4.69, 9.17) is 0 Å². The van der Waals surface area contributed by atoms with Crippen LogP contribution in [0.1, 0.15) is 65.7 Å². The quantitative estimate of drug-likeness (QED) is 0.795. The Labute approximate surface area is 162 Å². The van der Waals surface area contributed by atoms with Gasteiger partial charge in [0.05, 0.1) is 6.10 Å². The molecule has 0 radical (unpaired) electrons. The zero-order valence-corrected chi connectivity index (χ0v) is 16.9. The summed E-state index contributed by atoms with van der Waals surface area (Å²) >= 11 is 0. The van der Waals surface area contributed by atoms with Crippen LogP contribution in [0.3, 0.4) is 0 Å². The van der Waals surface area contributed by atoms with Crippen LogP contribution in [0, 0.1) is 40.4 Å². The third-order valence-electron chi connectivity index (χ3n) is 9.10. The maximum Gasteiger partial charge on any atom is 0.162 e. The second-order valence-corrected chi connectivity index (χ2v) is 10.2. The SMILES string of the molecule is CCC1C[C@H]2[C@@H]3CCC4=CC(=O)CC[C@]4(C)[C@H]3[C@@H](O)C[C@]2(C)[C@H]1C(=O)CO. The topological polar surface area (TPSA) is 74.6 Å². The molecule has 0 heterocycles. The molecule has 1 unspecified atom stereocenters. The zero-order chi connectivity index (χ0) is 19.6. The van der Waals surface area contributed by atoms with E-state index in [9.17, 15) is 19.8 Å². The van der Waals surface area contributed by atoms with Gasteiger partial charge in [-0.15, -0.1) is 0 Å². The maximum atomic E-state index is 12.7. The Hall–Kier alpha value is -1.00. The first kappa shape index (κ1) is 19.3. The molecule has 4 rings (SSSR count). The third kappa shape index (κ3) is 2.62. The monoisotopic (exact) mass is 374 g/mol. The Balaban J connectivity index is 1.73. The van der Waals surface area contributed by atoms with Crippen molar-refractivity contribution in [2.45, 2.75) is 71.8 Å². The molecule has 4 aliphatic carbocycles. The van der Waals surface area contributed by atoms with Crippen molar-refractivity contribution < 1.29 is 19.8 Å². The fraction of sp³-hybridized carbons (Fsp3) is 0.826. The standard InChI is InChI=1S/C23H34O4/c1-4-13-9-17-16-6-5-14-10-15(25)7-8-22(14,2)21(16)18(26)11-23(17,3)20(13)19(27)12-24/h10,13,16-18,20-21,24,26H,4-9,11-12H2,1-3H3/t13?,16-,17-,18-,20+,21+,22-,23-/m0/s1. The van der Waals surface area contributed by atoms with Crippen LogP contribution in [0.4, 0.5) is 0 Å². The number of ketones is 2. The number of carbonyl (C=O) groups is 2. The summed E-state index contributed by atoms with van der Waals surface area (Å²) in [5.74, 6) is 1.38. The van der Waals surface area contributed by atoms with E-state index in [1.165, 1.54) is 5.57 Å². The molecule has 3 fully saturated rings. The molecule has 4 nitrogen and oxygen atoms in total. The normalized spacial score (nSPS) is 49.1. The van der Waals surface area contributed by atoms with Crippen LogP contribution >= 0.6 is 0 Å². The minimum absolute atomic E-state index is 0.0385. The number of hydrogen-bond acceptors (Lipinski definition) is 4. The summed E-state index contributed by atoms with van der Waals surface area (Å²) < 4.78 is 0. The number of hydrogen-bond donors (Lipinski definition) is 2. The Kier molecular flexibility index (Phi) is 4.67. The number of aliphatic hydroxyl groups excluding tert-OH is 2. The highest BCUT2D eigenvalue weighted by Gasteiger charge is 2.64. The maximum absolute atomic E-state index is 12.7. The van der Waals surface area contributed by atoms with E-state index < -0.39 is 6.10 Å². The van der Waals surface area contributed by atoms with E-state index in [1.807, 2.05) is 6.08 Å². The summed E-state index contributed by atoms with van der Waals surface area (Å²) in [5, 5.41) is 20.9. The van der Waals surface area contributed by atoms with Crippen LogP contribution < -0.4 is 0 Å². The Bertz CT molecular complexity index is 682. The van der Waals surface area contributed by atoms with Crippen molar-refractivity contribution in [1.29, 1.82) is 0 Å². The second-order valence-electron chi connectivity index (χ2n) is 10.2. The lowest BCUT2D eigenvalue weighted by molar-refractivity contribution is -0.147. The third-order valence-corrected chi connectivity index (χ3v) is 9.10. The molecule has 4 heteroatoms. The molecule has 0 amide bonds. The molecule has 0 spiro atoms. The lowest BCUT2D eigenvalue weighted by atomic mass is 9.46. The predicted octanol–water partition coefficient (Wildman–Crippen LogP) is 3.30. The van der Waals surface area contributed by atoms with Gasteiger partial charge in [-0.2, -0.15) is 0 Å². The average Bonchev–Trinajstić information content (AvgIpc) is 2.93. The number of allylic oxidation sites excluding steroid dienone is 1. The molecule has 4 aliphatic rings. The molecular weight excluding hydrogens is 340 g/mol. The van der Waals surface area contributed by atoms with Crippen LogP contribution in [0.5, 0.6) is 0 Å². The summed E-state index contributed by atoms with van der Waals surface area (Å²) in [6, 6.07) is 0. The second kappa shape index (κ2) is 6.52. The van der Waals surface area contributed by atoms with Crippen molar-refractivity contribution in [1.82, 2.24) is 0 Å². The van der Waals surface area contributed by atoms with Crippen molar-refractivity contribution in [3.8, 4) is 0 Å². The minimum Gasteiger partial charge on any atom is -0.393 e. The van der Waals surface area contributed by atoms with E-state index >= 15 is 0 Å². The van der Waals surface area contributed by atoms with Crippen molar-refractivity contribution in [2.24, 2.45) is 40.4 Å². The average molecular weight is 375 g/mol. The number of Topliss-reactive ketones (excluding diaryl/α,β-unsaturated/α-hetero) is 1. The Morgan fingerprint density at radius 2 is 2.04 bits per heavy atom. The number of fused-ring (bicyclic) bond motifs is 5. The van der Waals surface area contributed by atoms with E-state index in [-0.39, 0.29) is 40.8 Å². The highest BCUT2D eigenvalue weighted by molar-refractivity contribution is 5.91. The Morgan fingerprint density at radius 1 is 1.30 bits per heavy atom. The van der Waals surface area contributed by atoms with Gasteiger partial charge in [0.1, 0.15) is 6.61 Å². The fourth-order valence-electron chi connectivity index (χ4n) is 8.00. The van der Waals surface area contributed by atoms with Gasteiger partial charge in [-0.1, -0.05) is 32.8 Å².